The molecule has 0 unspecified atom stereocenters. The van der Waals surface area contributed by atoms with Crippen molar-refractivity contribution in [3.05, 3.63) is 133 Å². The summed E-state index contributed by atoms with van der Waals surface area (Å²) in [4.78, 5) is 41.5. The molecule has 0 spiro atoms. The Labute approximate surface area is 364 Å². The third kappa shape index (κ3) is 10.8. The summed E-state index contributed by atoms with van der Waals surface area (Å²) in [6.07, 6.45) is 8.67. The number of aliphatic hydroxyl groups excluding tert-OH is 1. The number of fused-ring (bicyclic) bond motifs is 2. The predicted octanol–water partition coefficient (Wildman–Crippen LogP) is 11.9. The van der Waals surface area contributed by atoms with Crippen LogP contribution in [0, 0.1) is 6.92 Å². The highest BCUT2D eigenvalue weighted by Crippen LogP contribution is 2.39. The second-order valence-electron chi connectivity index (χ2n) is 18.7. The van der Waals surface area contributed by atoms with E-state index in [1.807, 2.05) is 84.9 Å². The molecule has 6 rings (SSSR count). The number of ether oxygens (including phenoxy) is 1. The van der Waals surface area contributed by atoms with Crippen LogP contribution in [-0.4, -0.2) is 39.8 Å². The van der Waals surface area contributed by atoms with E-state index >= 15 is 0 Å². The predicted molar refractivity (Wildman–Crippen MR) is 250 cm³/mol. The minimum atomic E-state index is -2.05. The van der Waals surface area contributed by atoms with Gasteiger partial charge in [0.05, 0.1) is 12.1 Å². The van der Waals surface area contributed by atoms with Gasteiger partial charge in [0.2, 0.25) is 11.2 Å². The van der Waals surface area contributed by atoms with Gasteiger partial charge in [0.1, 0.15) is 29.5 Å². The van der Waals surface area contributed by atoms with Crippen molar-refractivity contribution in [2.75, 3.05) is 0 Å². The molecule has 0 aliphatic rings. The van der Waals surface area contributed by atoms with Gasteiger partial charge in [0.25, 0.3) is 0 Å². The average molecular weight is 863 g/mol. The third-order valence-electron chi connectivity index (χ3n) is 11.0. The maximum Gasteiger partial charge on any atom is 0.419 e. The van der Waals surface area contributed by atoms with Crippen molar-refractivity contribution in [3.8, 4) is 28.4 Å². The van der Waals surface area contributed by atoms with Crippen molar-refractivity contribution >= 4 is 36.2 Å². The summed E-state index contributed by atoms with van der Waals surface area (Å²) in [5, 5.41) is 21.0. The summed E-state index contributed by atoms with van der Waals surface area (Å²) in [6.45, 7) is 26.2. The van der Waals surface area contributed by atoms with Crippen LogP contribution in [0.4, 0.5) is 4.79 Å². The first kappa shape index (κ1) is 47.4. The number of aromatic nitrogens is 2. The lowest BCUT2D eigenvalue weighted by atomic mass is 10.0. The molecule has 0 amide bonds. The van der Waals surface area contributed by atoms with E-state index in [1.165, 1.54) is 17.2 Å². The van der Waals surface area contributed by atoms with Crippen molar-refractivity contribution in [1.82, 2.24) is 9.55 Å². The van der Waals surface area contributed by atoms with E-state index in [0.29, 0.717) is 34.6 Å². The van der Waals surface area contributed by atoms with Gasteiger partial charge in [0, 0.05) is 57.5 Å². The van der Waals surface area contributed by atoms with Crippen LogP contribution < -0.4 is 10.9 Å². The average Bonchev–Trinajstić information content (AvgIpc) is 3.80. The summed E-state index contributed by atoms with van der Waals surface area (Å²) in [7, 11) is -2.05. The minimum Gasteiger partial charge on any atom is -0.502 e. The quantitative estimate of drug-likeness (QED) is 0.0900. The molecule has 0 fully saturated rings. The van der Waals surface area contributed by atoms with E-state index in [2.05, 4.69) is 51.0 Å². The first-order chi connectivity index (χ1) is 28.9. The molecule has 0 radical (unpaired) electrons. The van der Waals surface area contributed by atoms with Crippen molar-refractivity contribution in [3.63, 3.8) is 0 Å². The molecule has 12 heteroatoms. The molecule has 0 saturated carbocycles. The number of aliphatic hydroxyl groups is 1. The van der Waals surface area contributed by atoms with Gasteiger partial charge in [-0.15, -0.1) is 0 Å². The molecule has 11 nitrogen and oxygen atoms in total. The number of allylic oxidation sites excluding steroid dienone is 4. The molecule has 0 atom stereocenters. The van der Waals surface area contributed by atoms with Crippen LogP contribution in [-0.2, 0) is 35.2 Å². The Hall–Kier alpha value is -5.69. The number of carbonyl (C=O) groups excluding carboxylic acids is 1. The SMILES string of the molecule is CC(C)=CCc1cccc2c(-c3oc(CO)cc(=O)c3O)c[nH]c12.CC(C)=CCc1cccc2c(-c3oc(CO[Si](C)(C)C(C)(C)C)cc(=O)c3C)cn(C(=O)OC(C)(C)C)c12. The monoisotopic (exact) mass is 862 g/mol. The lowest BCUT2D eigenvalue weighted by molar-refractivity contribution is 0.0544. The zero-order valence-corrected chi connectivity index (χ0v) is 39.5. The van der Waals surface area contributed by atoms with Gasteiger partial charge in [-0.3, -0.25) is 14.2 Å². The van der Waals surface area contributed by atoms with Gasteiger partial charge in [0.15, 0.2) is 19.5 Å². The molecule has 62 heavy (non-hydrogen) atoms. The number of H-pyrrole nitrogens is 1. The van der Waals surface area contributed by atoms with Gasteiger partial charge >= 0.3 is 6.09 Å². The molecule has 0 aliphatic heterocycles. The van der Waals surface area contributed by atoms with Crippen molar-refractivity contribution in [2.45, 2.75) is 126 Å². The zero-order chi connectivity index (χ0) is 45.9. The highest BCUT2D eigenvalue weighted by Gasteiger charge is 2.37. The fourth-order valence-corrected chi connectivity index (χ4v) is 7.49. The van der Waals surface area contributed by atoms with Crippen LogP contribution in [0.3, 0.4) is 0 Å². The molecule has 0 bridgehead atoms. The smallest absolute Gasteiger partial charge is 0.419 e. The molecule has 330 valence electrons. The van der Waals surface area contributed by atoms with Crippen LogP contribution in [0.15, 0.2) is 103 Å². The Morgan fingerprint density at radius 2 is 1.40 bits per heavy atom. The van der Waals surface area contributed by atoms with Crippen molar-refractivity contribution in [2.24, 2.45) is 0 Å². The van der Waals surface area contributed by atoms with Gasteiger partial charge in [-0.1, -0.05) is 80.5 Å². The molecule has 6 aromatic rings. The fraction of sp³-hybridized carbons (Fsp3) is 0.380. The van der Waals surface area contributed by atoms with Gasteiger partial charge in [-0.2, -0.15) is 0 Å². The van der Waals surface area contributed by atoms with Crippen LogP contribution >= 0.6 is 0 Å². The number of carbonyl (C=O) groups is 1. The topological polar surface area (TPSA) is 157 Å². The van der Waals surface area contributed by atoms with Crippen molar-refractivity contribution in [1.29, 1.82) is 0 Å². The number of hydrogen-bond donors (Lipinski definition) is 3. The number of para-hydroxylation sites is 2. The Kier molecular flexibility index (Phi) is 14.3. The number of hydrogen-bond acceptors (Lipinski definition) is 9. The number of benzene rings is 2. The van der Waals surface area contributed by atoms with Gasteiger partial charge in [-0.05, 0) is 97.5 Å². The third-order valence-corrected chi connectivity index (χ3v) is 15.5. The highest BCUT2D eigenvalue weighted by atomic mass is 28.4. The summed E-state index contributed by atoms with van der Waals surface area (Å²) in [6, 6.07) is 14.4. The molecular weight excluding hydrogens is 801 g/mol. The van der Waals surface area contributed by atoms with Crippen LogP contribution in [0.5, 0.6) is 5.75 Å². The summed E-state index contributed by atoms with van der Waals surface area (Å²) < 4.78 is 25.5. The summed E-state index contributed by atoms with van der Waals surface area (Å²) >= 11 is 0. The van der Waals surface area contributed by atoms with E-state index < -0.39 is 37.8 Å². The molecule has 0 saturated heterocycles. The van der Waals surface area contributed by atoms with E-state index in [0.717, 1.165) is 45.4 Å². The normalized spacial score (nSPS) is 12.0. The van der Waals surface area contributed by atoms with Crippen LogP contribution in [0.2, 0.25) is 18.1 Å². The largest absolute Gasteiger partial charge is 0.502 e. The molecule has 0 aliphatic carbocycles. The standard InChI is InChI=1S/C31H43NO5Si.C19H19NO4/c1-20(2)15-16-22-13-12-14-24-25(18-32(27(22)24)29(34)37-30(4,5)6)28-21(3)26(33)17-23(36-28)19-35-38(10,11)31(7,8)9;1-11(2)6-7-12-4-3-5-14-15(9-20-17(12)14)19-18(23)16(22)8-13(10-21)24-19/h12-15,17-18H,16,19H2,1-11H3;3-6,8-9,20-21,23H,7,10H2,1-2H3. The number of nitrogens with zero attached hydrogens (tertiary/aromatic N) is 1. The number of aromatic amines is 1. The number of rotatable bonds is 10. The van der Waals surface area contributed by atoms with Crippen LogP contribution in [0.25, 0.3) is 44.5 Å². The second-order valence-corrected chi connectivity index (χ2v) is 23.5. The van der Waals surface area contributed by atoms with Gasteiger partial charge in [-0.25, -0.2) is 4.79 Å². The van der Waals surface area contributed by atoms with Crippen LogP contribution in [0.1, 0.15) is 97.4 Å². The van der Waals surface area contributed by atoms with E-state index in [1.54, 1.807) is 23.9 Å². The maximum absolute atomic E-state index is 13.4. The van der Waals surface area contributed by atoms with E-state index in [-0.39, 0.29) is 28.6 Å². The highest BCUT2D eigenvalue weighted by molar-refractivity contribution is 6.74. The Bertz CT molecular complexity index is 2770. The van der Waals surface area contributed by atoms with Crippen molar-refractivity contribution < 1.29 is 33.0 Å². The Balaban J connectivity index is 0.000000259. The lowest BCUT2D eigenvalue weighted by Gasteiger charge is -2.35. The Morgan fingerprint density at radius 3 is 2.00 bits per heavy atom. The maximum atomic E-state index is 13.4. The zero-order valence-electron chi connectivity index (χ0n) is 38.5. The number of aromatic hydroxyl groups is 1. The second kappa shape index (κ2) is 18.7. The summed E-state index contributed by atoms with van der Waals surface area (Å²) in [5.41, 5.74) is 6.59. The lowest BCUT2D eigenvalue weighted by Crippen LogP contribution is -2.40. The first-order valence-electron chi connectivity index (χ1n) is 20.9. The van der Waals surface area contributed by atoms with E-state index in [9.17, 15) is 24.6 Å². The molecule has 4 aromatic heterocycles. The fourth-order valence-electron chi connectivity index (χ4n) is 6.56. The minimum absolute atomic E-state index is 0.0311. The molecule has 3 N–H and O–H groups in total. The first-order valence-corrected chi connectivity index (χ1v) is 23.8. The number of nitrogens with one attached hydrogen (secondary N) is 1. The molecule has 2 aromatic carbocycles. The van der Waals surface area contributed by atoms with E-state index in [4.69, 9.17) is 18.0 Å². The molecular formula is C50H62N2O9Si. The van der Waals surface area contributed by atoms with Gasteiger partial charge < -0.3 is 33.2 Å². The summed E-state index contributed by atoms with van der Waals surface area (Å²) in [5.74, 6) is 0.639. The Morgan fingerprint density at radius 1 is 0.823 bits per heavy atom. The molecule has 4 heterocycles.